The normalized spacial score (nSPS) is 32.6. The summed E-state index contributed by atoms with van der Waals surface area (Å²) in [6.45, 7) is 0.346. The van der Waals surface area contributed by atoms with Crippen molar-refractivity contribution in [2.24, 2.45) is 0 Å². The van der Waals surface area contributed by atoms with E-state index >= 15 is 0 Å². The lowest BCUT2D eigenvalue weighted by Gasteiger charge is -2.22. The van der Waals surface area contributed by atoms with Crippen molar-refractivity contribution in [3.8, 4) is 0 Å². The molecule has 0 radical (unpaired) electrons. The van der Waals surface area contributed by atoms with E-state index in [0.717, 1.165) is 0 Å². The largest absolute Gasteiger partial charge is 0.475 e. The smallest absolute Gasteiger partial charge is 0.284 e. The Morgan fingerprint density at radius 3 is 2.62 bits per heavy atom. The van der Waals surface area contributed by atoms with Crippen LogP contribution in [0.2, 0.25) is 0 Å². The molecule has 16 heavy (non-hydrogen) atoms. The van der Waals surface area contributed by atoms with Gasteiger partial charge in [0.2, 0.25) is 0 Å². The molecule has 1 unspecified atom stereocenters. The Morgan fingerprint density at radius 1 is 1.31 bits per heavy atom. The number of rotatable bonds is 3. The SMILES string of the molecule is O=P1(OCC2CCCS(=O)(=O)O2)OCCO1. The average molecular weight is 272 g/mol. The van der Waals surface area contributed by atoms with E-state index in [1.807, 2.05) is 0 Å². The molecule has 2 aliphatic heterocycles. The van der Waals surface area contributed by atoms with Crippen molar-refractivity contribution < 1.29 is 30.7 Å². The van der Waals surface area contributed by atoms with Crippen LogP contribution in [-0.4, -0.2) is 40.1 Å². The third kappa shape index (κ3) is 3.26. The molecular weight excluding hydrogens is 259 g/mol. The van der Waals surface area contributed by atoms with Crippen LogP contribution < -0.4 is 0 Å². The molecule has 9 heteroatoms. The summed E-state index contributed by atoms with van der Waals surface area (Å²) >= 11 is 0. The van der Waals surface area contributed by atoms with Gasteiger partial charge in [-0.1, -0.05) is 0 Å². The molecule has 1 atom stereocenters. The molecule has 0 spiro atoms. The second-order valence-electron chi connectivity index (χ2n) is 3.53. The van der Waals surface area contributed by atoms with Gasteiger partial charge in [-0.3, -0.25) is 17.8 Å². The van der Waals surface area contributed by atoms with Crippen molar-refractivity contribution >= 4 is 17.9 Å². The zero-order chi connectivity index (χ0) is 11.6. The second-order valence-corrected chi connectivity index (χ2v) is 6.92. The maximum Gasteiger partial charge on any atom is 0.475 e. The lowest BCUT2D eigenvalue weighted by Crippen LogP contribution is -2.30. The van der Waals surface area contributed by atoms with Gasteiger partial charge in [-0.2, -0.15) is 8.42 Å². The van der Waals surface area contributed by atoms with Crippen LogP contribution in [0.3, 0.4) is 0 Å². The van der Waals surface area contributed by atoms with Gasteiger partial charge in [0.05, 0.1) is 25.6 Å². The van der Waals surface area contributed by atoms with Gasteiger partial charge < -0.3 is 0 Å². The molecule has 0 saturated carbocycles. The summed E-state index contributed by atoms with van der Waals surface area (Å²) in [4.78, 5) is 0. The van der Waals surface area contributed by atoms with Crippen LogP contribution >= 0.6 is 7.82 Å². The van der Waals surface area contributed by atoms with Crippen LogP contribution in [0.25, 0.3) is 0 Å². The van der Waals surface area contributed by atoms with E-state index in [0.29, 0.717) is 12.8 Å². The molecule has 0 aliphatic carbocycles. The van der Waals surface area contributed by atoms with Crippen LogP contribution in [0, 0.1) is 0 Å². The number of phosphoric ester groups is 1. The van der Waals surface area contributed by atoms with Crippen molar-refractivity contribution in [3.63, 3.8) is 0 Å². The maximum absolute atomic E-state index is 11.5. The van der Waals surface area contributed by atoms with Gasteiger partial charge in [0, 0.05) is 0 Å². The standard InChI is InChI=1S/C7H13O7PS/c8-15(11-3-4-12-15)13-6-7-2-1-5-16(9,10)14-7/h7H,1-6H2. The van der Waals surface area contributed by atoms with Crippen LogP contribution in [0.5, 0.6) is 0 Å². The van der Waals surface area contributed by atoms with E-state index in [9.17, 15) is 13.0 Å². The van der Waals surface area contributed by atoms with Gasteiger partial charge in [-0.05, 0) is 12.8 Å². The molecule has 7 nitrogen and oxygen atoms in total. The van der Waals surface area contributed by atoms with E-state index in [2.05, 4.69) is 0 Å². The lowest BCUT2D eigenvalue weighted by molar-refractivity contribution is 0.0916. The monoisotopic (exact) mass is 272 g/mol. The fourth-order valence-corrected chi connectivity index (χ4v) is 3.84. The molecule has 0 aromatic heterocycles. The van der Waals surface area contributed by atoms with Crippen molar-refractivity contribution in [1.82, 2.24) is 0 Å². The van der Waals surface area contributed by atoms with Crippen LogP contribution in [0.15, 0.2) is 0 Å². The predicted octanol–water partition coefficient (Wildman–Crippen LogP) is 0.667. The Bertz CT molecular complexity index is 382. The number of hydrogen-bond acceptors (Lipinski definition) is 7. The topological polar surface area (TPSA) is 88.1 Å². The van der Waals surface area contributed by atoms with E-state index in [1.54, 1.807) is 0 Å². The summed E-state index contributed by atoms with van der Waals surface area (Å²) in [5.41, 5.74) is 0. The van der Waals surface area contributed by atoms with E-state index < -0.39 is 24.0 Å². The maximum atomic E-state index is 11.5. The first-order chi connectivity index (χ1) is 7.49. The third-order valence-electron chi connectivity index (χ3n) is 2.20. The fraction of sp³-hybridized carbons (Fsp3) is 1.00. The lowest BCUT2D eigenvalue weighted by atomic mass is 10.2. The molecule has 0 aromatic rings. The molecule has 2 saturated heterocycles. The van der Waals surface area contributed by atoms with Crippen LogP contribution in [0.4, 0.5) is 0 Å². The molecule has 94 valence electrons. The van der Waals surface area contributed by atoms with Gasteiger partial charge in [0.25, 0.3) is 10.1 Å². The molecule has 2 rings (SSSR count). The minimum atomic E-state index is -3.45. The zero-order valence-corrected chi connectivity index (χ0v) is 10.2. The van der Waals surface area contributed by atoms with E-state index in [-0.39, 0.29) is 25.6 Å². The Morgan fingerprint density at radius 2 is 2.00 bits per heavy atom. The minimum Gasteiger partial charge on any atom is -0.284 e. The number of hydrogen-bond donors (Lipinski definition) is 0. The first-order valence-corrected chi connectivity index (χ1v) is 7.98. The van der Waals surface area contributed by atoms with Crippen molar-refractivity contribution in [2.45, 2.75) is 18.9 Å². The van der Waals surface area contributed by atoms with Crippen LogP contribution in [0.1, 0.15) is 12.8 Å². The molecular formula is C7H13O7PS. The van der Waals surface area contributed by atoms with Gasteiger partial charge >= 0.3 is 7.82 Å². The quantitative estimate of drug-likeness (QED) is 0.551. The number of phosphoric acid groups is 1. The van der Waals surface area contributed by atoms with Gasteiger partial charge in [-0.25, -0.2) is 4.57 Å². The Kier molecular flexibility index (Phi) is 3.68. The average Bonchev–Trinajstić information content (AvgIpc) is 2.62. The molecule has 0 aromatic carbocycles. The fourth-order valence-electron chi connectivity index (χ4n) is 1.49. The molecule has 2 heterocycles. The van der Waals surface area contributed by atoms with Gasteiger partial charge in [0.15, 0.2) is 0 Å². The van der Waals surface area contributed by atoms with Gasteiger partial charge in [-0.15, -0.1) is 0 Å². The van der Waals surface area contributed by atoms with Crippen molar-refractivity contribution in [1.29, 1.82) is 0 Å². The summed E-state index contributed by atoms with van der Waals surface area (Å²) in [6.07, 6.45) is 0.471. The Balaban J connectivity index is 1.84. The van der Waals surface area contributed by atoms with Crippen molar-refractivity contribution in [3.05, 3.63) is 0 Å². The summed E-state index contributed by atoms with van der Waals surface area (Å²) in [5.74, 6) is 0.0220. The molecule has 2 fully saturated rings. The van der Waals surface area contributed by atoms with Crippen molar-refractivity contribution in [2.75, 3.05) is 25.6 Å². The second kappa shape index (κ2) is 4.72. The Labute approximate surface area is 93.8 Å². The zero-order valence-electron chi connectivity index (χ0n) is 8.53. The highest BCUT2D eigenvalue weighted by molar-refractivity contribution is 7.86. The minimum absolute atomic E-state index is 0.0220. The van der Waals surface area contributed by atoms with Crippen LogP contribution in [-0.2, 0) is 32.4 Å². The highest BCUT2D eigenvalue weighted by Gasteiger charge is 2.34. The summed E-state index contributed by atoms with van der Waals surface area (Å²) in [7, 11) is -6.90. The summed E-state index contributed by atoms with van der Waals surface area (Å²) in [6, 6.07) is 0. The Hall–Kier alpha value is 0.0200. The molecule has 2 aliphatic rings. The highest BCUT2D eigenvalue weighted by atomic mass is 32.2. The van der Waals surface area contributed by atoms with Gasteiger partial charge in [0.1, 0.15) is 6.10 Å². The third-order valence-corrected chi connectivity index (χ3v) is 5.02. The van der Waals surface area contributed by atoms with E-state index in [4.69, 9.17) is 17.8 Å². The van der Waals surface area contributed by atoms with E-state index in [1.165, 1.54) is 0 Å². The summed E-state index contributed by atoms with van der Waals surface area (Å²) < 4.78 is 53.1. The molecule has 0 amide bonds. The highest BCUT2D eigenvalue weighted by Crippen LogP contribution is 2.52. The first-order valence-electron chi connectivity index (χ1n) is 4.94. The first kappa shape index (κ1) is 12.5. The predicted molar refractivity (Wildman–Crippen MR) is 53.4 cm³/mol. The molecule has 0 bridgehead atoms. The summed E-state index contributed by atoms with van der Waals surface area (Å²) in [5, 5.41) is 0. The molecule has 0 N–H and O–H groups in total.